The average molecular weight is 250 g/mol. The van der Waals surface area contributed by atoms with Gasteiger partial charge in [0.1, 0.15) is 11.5 Å². The first-order valence-corrected chi connectivity index (χ1v) is 7.02. The molecular weight excluding hydrogens is 224 g/mol. The lowest BCUT2D eigenvalue weighted by atomic mass is 9.85. The van der Waals surface area contributed by atoms with Crippen molar-refractivity contribution in [3.63, 3.8) is 0 Å². The fraction of sp³-hybridized carbons (Fsp3) is 0.733. The Morgan fingerprint density at radius 1 is 1.33 bits per heavy atom. The van der Waals surface area contributed by atoms with Gasteiger partial charge >= 0.3 is 0 Å². The second kappa shape index (κ2) is 5.89. The molecule has 102 valence electrons. The monoisotopic (exact) mass is 250 g/mol. The SMILES string of the molecule is CNCC1(CN(C)Cc2ccc(C)o2)CCCC1. The molecule has 0 saturated heterocycles. The van der Waals surface area contributed by atoms with Crippen molar-refractivity contribution in [2.45, 2.75) is 39.2 Å². The molecule has 1 aliphatic carbocycles. The van der Waals surface area contributed by atoms with Crippen LogP contribution in [0.5, 0.6) is 0 Å². The van der Waals surface area contributed by atoms with E-state index in [-0.39, 0.29) is 0 Å². The van der Waals surface area contributed by atoms with Gasteiger partial charge < -0.3 is 9.73 Å². The predicted molar refractivity (Wildman–Crippen MR) is 74.6 cm³/mol. The Balaban J connectivity index is 1.90. The second-order valence-corrected chi connectivity index (χ2v) is 5.92. The molecule has 1 heterocycles. The van der Waals surface area contributed by atoms with Gasteiger partial charge in [0.05, 0.1) is 6.54 Å². The summed E-state index contributed by atoms with van der Waals surface area (Å²) in [5, 5.41) is 3.37. The van der Waals surface area contributed by atoms with Crippen LogP contribution in [0.3, 0.4) is 0 Å². The van der Waals surface area contributed by atoms with Crippen LogP contribution in [-0.4, -0.2) is 32.1 Å². The smallest absolute Gasteiger partial charge is 0.118 e. The van der Waals surface area contributed by atoms with Crippen LogP contribution in [0, 0.1) is 12.3 Å². The van der Waals surface area contributed by atoms with E-state index in [0.29, 0.717) is 5.41 Å². The number of nitrogens with one attached hydrogen (secondary N) is 1. The van der Waals surface area contributed by atoms with Crippen LogP contribution in [0.4, 0.5) is 0 Å². The molecule has 18 heavy (non-hydrogen) atoms. The Morgan fingerprint density at radius 3 is 2.61 bits per heavy atom. The van der Waals surface area contributed by atoms with Gasteiger partial charge in [0, 0.05) is 13.1 Å². The molecule has 2 rings (SSSR count). The first kappa shape index (κ1) is 13.6. The number of furan rings is 1. The molecule has 0 bridgehead atoms. The van der Waals surface area contributed by atoms with E-state index in [0.717, 1.165) is 31.2 Å². The van der Waals surface area contributed by atoms with Crippen molar-refractivity contribution in [3.8, 4) is 0 Å². The summed E-state index contributed by atoms with van der Waals surface area (Å²) in [7, 11) is 4.27. The highest BCUT2D eigenvalue weighted by Gasteiger charge is 2.34. The van der Waals surface area contributed by atoms with Crippen molar-refractivity contribution in [2.24, 2.45) is 5.41 Å². The molecule has 3 heteroatoms. The van der Waals surface area contributed by atoms with Crippen molar-refractivity contribution < 1.29 is 4.42 Å². The Bertz CT molecular complexity index is 366. The summed E-state index contributed by atoms with van der Waals surface area (Å²) in [6, 6.07) is 4.13. The Labute approximate surface area is 111 Å². The van der Waals surface area contributed by atoms with E-state index in [2.05, 4.69) is 30.4 Å². The molecule has 1 saturated carbocycles. The molecule has 0 radical (unpaired) electrons. The summed E-state index contributed by atoms with van der Waals surface area (Å²) in [4.78, 5) is 2.40. The summed E-state index contributed by atoms with van der Waals surface area (Å²) < 4.78 is 5.65. The molecule has 1 aliphatic rings. The van der Waals surface area contributed by atoms with E-state index in [1.165, 1.54) is 25.7 Å². The van der Waals surface area contributed by atoms with Gasteiger partial charge in [-0.15, -0.1) is 0 Å². The number of rotatable bonds is 6. The number of nitrogens with zero attached hydrogens (tertiary/aromatic N) is 1. The summed E-state index contributed by atoms with van der Waals surface area (Å²) in [6.07, 6.45) is 5.48. The molecule has 1 N–H and O–H groups in total. The normalized spacial score (nSPS) is 18.7. The summed E-state index contributed by atoms with van der Waals surface area (Å²) in [5.74, 6) is 2.08. The highest BCUT2D eigenvalue weighted by molar-refractivity contribution is 5.05. The van der Waals surface area contributed by atoms with Crippen molar-refractivity contribution in [1.82, 2.24) is 10.2 Å². The lowest BCUT2D eigenvalue weighted by Gasteiger charge is -2.33. The van der Waals surface area contributed by atoms with Crippen LogP contribution in [-0.2, 0) is 6.54 Å². The fourth-order valence-electron chi connectivity index (χ4n) is 3.36. The van der Waals surface area contributed by atoms with E-state index in [4.69, 9.17) is 4.42 Å². The Hall–Kier alpha value is -0.800. The van der Waals surface area contributed by atoms with Gasteiger partial charge in [0.2, 0.25) is 0 Å². The summed E-state index contributed by atoms with van der Waals surface area (Å²) in [6.45, 7) is 5.21. The van der Waals surface area contributed by atoms with Crippen molar-refractivity contribution in [1.29, 1.82) is 0 Å². The first-order chi connectivity index (χ1) is 8.63. The van der Waals surface area contributed by atoms with Gasteiger partial charge in [-0.2, -0.15) is 0 Å². The fourth-order valence-corrected chi connectivity index (χ4v) is 3.36. The molecule has 0 atom stereocenters. The topological polar surface area (TPSA) is 28.4 Å². The molecule has 0 aromatic carbocycles. The van der Waals surface area contributed by atoms with Gasteiger partial charge in [-0.1, -0.05) is 12.8 Å². The zero-order valence-electron chi connectivity index (χ0n) is 12.0. The van der Waals surface area contributed by atoms with E-state index in [1.807, 2.05) is 13.0 Å². The van der Waals surface area contributed by atoms with E-state index in [1.54, 1.807) is 0 Å². The lowest BCUT2D eigenvalue weighted by molar-refractivity contribution is 0.162. The van der Waals surface area contributed by atoms with Crippen LogP contribution >= 0.6 is 0 Å². The second-order valence-electron chi connectivity index (χ2n) is 5.92. The maximum Gasteiger partial charge on any atom is 0.118 e. The zero-order valence-corrected chi connectivity index (χ0v) is 12.0. The van der Waals surface area contributed by atoms with Crippen LogP contribution < -0.4 is 5.32 Å². The minimum Gasteiger partial charge on any atom is -0.465 e. The van der Waals surface area contributed by atoms with Gasteiger partial charge in [-0.25, -0.2) is 0 Å². The molecule has 1 aromatic heterocycles. The van der Waals surface area contributed by atoms with Crippen LogP contribution in [0.2, 0.25) is 0 Å². The molecule has 1 fully saturated rings. The molecule has 0 aliphatic heterocycles. The molecule has 0 unspecified atom stereocenters. The number of aryl methyl sites for hydroxylation is 1. The zero-order chi connectivity index (χ0) is 13.0. The van der Waals surface area contributed by atoms with E-state index < -0.39 is 0 Å². The van der Waals surface area contributed by atoms with Crippen LogP contribution in [0.15, 0.2) is 16.5 Å². The quantitative estimate of drug-likeness (QED) is 0.841. The third-order valence-corrected chi connectivity index (χ3v) is 4.04. The van der Waals surface area contributed by atoms with E-state index >= 15 is 0 Å². The van der Waals surface area contributed by atoms with Crippen LogP contribution in [0.25, 0.3) is 0 Å². The standard InChI is InChI=1S/C15H26N2O/c1-13-6-7-14(18-13)10-17(3)12-15(11-16-2)8-4-5-9-15/h6-7,16H,4-5,8-12H2,1-3H3. The molecule has 1 aromatic rings. The van der Waals surface area contributed by atoms with Gasteiger partial charge in [-0.3, -0.25) is 4.90 Å². The molecule has 0 amide bonds. The summed E-state index contributed by atoms with van der Waals surface area (Å²) in [5.41, 5.74) is 0.477. The Kier molecular flexibility index (Phi) is 4.46. The lowest BCUT2D eigenvalue weighted by Crippen LogP contribution is -2.40. The van der Waals surface area contributed by atoms with Crippen LogP contribution in [0.1, 0.15) is 37.2 Å². The third kappa shape index (κ3) is 3.36. The van der Waals surface area contributed by atoms with Gasteiger partial charge in [-0.05, 0) is 51.4 Å². The largest absolute Gasteiger partial charge is 0.465 e. The van der Waals surface area contributed by atoms with Gasteiger partial charge in [0.25, 0.3) is 0 Å². The highest BCUT2D eigenvalue weighted by atomic mass is 16.3. The maximum absolute atomic E-state index is 5.65. The minimum atomic E-state index is 0.477. The van der Waals surface area contributed by atoms with Crippen molar-refractivity contribution in [2.75, 3.05) is 27.2 Å². The van der Waals surface area contributed by atoms with Crippen molar-refractivity contribution >= 4 is 0 Å². The predicted octanol–water partition coefficient (Wildman–Crippen LogP) is 2.80. The Morgan fingerprint density at radius 2 is 2.06 bits per heavy atom. The molecule has 3 nitrogen and oxygen atoms in total. The molecule has 0 spiro atoms. The van der Waals surface area contributed by atoms with E-state index in [9.17, 15) is 0 Å². The molecular formula is C15H26N2O. The van der Waals surface area contributed by atoms with Crippen molar-refractivity contribution in [3.05, 3.63) is 23.7 Å². The highest BCUT2D eigenvalue weighted by Crippen LogP contribution is 2.38. The first-order valence-electron chi connectivity index (χ1n) is 7.02. The average Bonchev–Trinajstić information content (AvgIpc) is 2.89. The summed E-state index contributed by atoms with van der Waals surface area (Å²) >= 11 is 0. The minimum absolute atomic E-state index is 0.477. The number of hydrogen-bond donors (Lipinski definition) is 1. The third-order valence-electron chi connectivity index (χ3n) is 4.04. The maximum atomic E-state index is 5.65. The number of hydrogen-bond acceptors (Lipinski definition) is 3. The van der Waals surface area contributed by atoms with Gasteiger partial charge in [0.15, 0.2) is 0 Å².